The van der Waals surface area contributed by atoms with Crippen LogP contribution in [-0.4, -0.2) is 18.9 Å². The lowest BCUT2D eigenvalue weighted by Gasteiger charge is -2.13. The third-order valence-corrected chi connectivity index (χ3v) is 6.23. The minimum absolute atomic E-state index is 0.204. The van der Waals surface area contributed by atoms with Crippen LogP contribution in [-0.2, 0) is 20.1 Å². The molecule has 0 amide bonds. The number of hydrogen-bond donors (Lipinski definition) is 1. The maximum atomic E-state index is 13.5. The van der Waals surface area contributed by atoms with Crippen LogP contribution < -0.4 is 17.0 Å². The molecule has 0 saturated carbocycles. The number of nitrogens with two attached hydrogens (primary N) is 1. The van der Waals surface area contributed by atoms with Crippen molar-refractivity contribution in [2.24, 2.45) is 18.9 Å². The van der Waals surface area contributed by atoms with E-state index in [1.165, 1.54) is 11.6 Å². The molecule has 0 saturated heterocycles. The molecule has 36 heavy (non-hydrogen) atoms. The predicted molar refractivity (Wildman–Crippen MR) is 148 cm³/mol. The minimum Gasteiger partial charge on any atom is -0.399 e. The van der Waals surface area contributed by atoms with Gasteiger partial charge in [-0.15, -0.1) is 0 Å². The van der Waals surface area contributed by atoms with E-state index in [1.54, 1.807) is 4.57 Å². The van der Waals surface area contributed by atoms with Crippen molar-refractivity contribution in [3.8, 4) is 11.3 Å². The average Bonchev–Trinajstić information content (AvgIpc) is 3.22. The Labute approximate surface area is 211 Å². The maximum absolute atomic E-state index is 13.5. The summed E-state index contributed by atoms with van der Waals surface area (Å²) in [5, 5.41) is 5.34. The number of hydrogen-bond acceptors (Lipinski definition) is 4. The SMILES string of the molecule is CC(C)CC=C(Cn1nc2c(c1-c1cccc(N)c1)c(=O)n(C)c(=O)n2CC(C)C)c1ccccc1. The van der Waals surface area contributed by atoms with Crippen LogP contribution in [0.3, 0.4) is 0 Å². The third-order valence-electron chi connectivity index (χ3n) is 6.23. The molecule has 2 N–H and O–H groups in total. The fourth-order valence-electron chi connectivity index (χ4n) is 4.45. The molecule has 0 radical (unpaired) electrons. The average molecular weight is 486 g/mol. The van der Waals surface area contributed by atoms with Crippen molar-refractivity contribution in [3.05, 3.63) is 87.1 Å². The lowest BCUT2D eigenvalue weighted by Crippen LogP contribution is -2.38. The lowest BCUT2D eigenvalue weighted by molar-refractivity contribution is 0.498. The van der Waals surface area contributed by atoms with Gasteiger partial charge in [-0.05, 0) is 41.5 Å². The summed E-state index contributed by atoms with van der Waals surface area (Å²) in [6.07, 6.45) is 3.16. The Morgan fingerprint density at radius 3 is 2.36 bits per heavy atom. The Morgan fingerprint density at radius 1 is 1.00 bits per heavy atom. The van der Waals surface area contributed by atoms with Gasteiger partial charge in [0, 0.05) is 24.8 Å². The van der Waals surface area contributed by atoms with Gasteiger partial charge in [0.05, 0.1) is 12.2 Å². The molecule has 4 aromatic rings. The molecule has 0 atom stereocenters. The number of allylic oxidation sites excluding steroid dienone is 2. The summed E-state index contributed by atoms with van der Waals surface area (Å²) >= 11 is 0. The van der Waals surface area contributed by atoms with E-state index < -0.39 is 0 Å². The molecule has 4 rings (SSSR count). The van der Waals surface area contributed by atoms with E-state index in [9.17, 15) is 9.59 Å². The molecule has 0 unspecified atom stereocenters. The van der Waals surface area contributed by atoms with Crippen molar-refractivity contribution in [1.82, 2.24) is 18.9 Å². The fourth-order valence-corrected chi connectivity index (χ4v) is 4.45. The maximum Gasteiger partial charge on any atom is 0.332 e. The molecule has 188 valence electrons. The monoisotopic (exact) mass is 485 g/mol. The van der Waals surface area contributed by atoms with Crippen molar-refractivity contribution in [2.45, 2.75) is 47.2 Å². The number of anilines is 1. The van der Waals surface area contributed by atoms with Gasteiger partial charge in [-0.1, -0.05) is 76.2 Å². The Morgan fingerprint density at radius 2 is 1.72 bits per heavy atom. The van der Waals surface area contributed by atoms with Gasteiger partial charge in [-0.2, -0.15) is 5.10 Å². The van der Waals surface area contributed by atoms with Crippen LogP contribution in [0.2, 0.25) is 0 Å². The van der Waals surface area contributed by atoms with Gasteiger partial charge in [0.25, 0.3) is 5.56 Å². The molecule has 0 fully saturated rings. The third kappa shape index (κ3) is 5.05. The van der Waals surface area contributed by atoms with Gasteiger partial charge in [0.2, 0.25) is 0 Å². The first kappa shape index (κ1) is 25.2. The molecule has 0 aliphatic rings. The molecule has 0 aliphatic heterocycles. The van der Waals surface area contributed by atoms with E-state index in [-0.39, 0.29) is 17.2 Å². The summed E-state index contributed by atoms with van der Waals surface area (Å²) in [5.74, 6) is 0.701. The molecule has 2 heterocycles. The molecule has 7 heteroatoms. The summed E-state index contributed by atoms with van der Waals surface area (Å²) in [4.78, 5) is 26.6. The van der Waals surface area contributed by atoms with Gasteiger partial charge < -0.3 is 5.73 Å². The van der Waals surface area contributed by atoms with Crippen molar-refractivity contribution in [3.63, 3.8) is 0 Å². The second-order valence-corrected chi connectivity index (χ2v) is 10.2. The second-order valence-electron chi connectivity index (χ2n) is 10.2. The van der Waals surface area contributed by atoms with E-state index in [0.29, 0.717) is 41.4 Å². The molecular weight excluding hydrogens is 450 g/mol. The highest BCUT2D eigenvalue weighted by atomic mass is 16.2. The Kier molecular flexibility index (Phi) is 7.29. The van der Waals surface area contributed by atoms with E-state index in [0.717, 1.165) is 23.1 Å². The van der Waals surface area contributed by atoms with Crippen molar-refractivity contribution < 1.29 is 0 Å². The van der Waals surface area contributed by atoms with Gasteiger partial charge >= 0.3 is 5.69 Å². The Bertz CT molecular complexity index is 1520. The highest BCUT2D eigenvalue weighted by Gasteiger charge is 2.23. The van der Waals surface area contributed by atoms with Crippen molar-refractivity contribution in [1.29, 1.82) is 0 Å². The number of fused-ring (bicyclic) bond motifs is 1. The fraction of sp³-hybridized carbons (Fsp3) is 0.345. The van der Waals surface area contributed by atoms with Crippen molar-refractivity contribution in [2.75, 3.05) is 5.73 Å². The first-order valence-electron chi connectivity index (χ1n) is 12.5. The number of benzene rings is 2. The smallest absolute Gasteiger partial charge is 0.332 e. The number of rotatable bonds is 8. The topological polar surface area (TPSA) is 87.8 Å². The van der Waals surface area contributed by atoms with Gasteiger partial charge in [-0.3, -0.25) is 18.6 Å². The molecular formula is C29H35N5O2. The van der Waals surface area contributed by atoms with Crippen molar-refractivity contribution >= 4 is 22.3 Å². The summed E-state index contributed by atoms with van der Waals surface area (Å²) in [6.45, 7) is 9.38. The number of nitrogen functional groups attached to an aromatic ring is 1. The van der Waals surface area contributed by atoms with E-state index >= 15 is 0 Å². The van der Waals surface area contributed by atoms with Crippen LogP contribution in [0.15, 0.2) is 70.3 Å². The Hall–Kier alpha value is -3.87. The van der Waals surface area contributed by atoms with Crippen LogP contribution >= 0.6 is 0 Å². The van der Waals surface area contributed by atoms with E-state index in [2.05, 4.69) is 32.1 Å². The van der Waals surface area contributed by atoms with Crippen LogP contribution in [0, 0.1) is 11.8 Å². The largest absolute Gasteiger partial charge is 0.399 e. The molecule has 7 nitrogen and oxygen atoms in total. The quantitative estimate of drug-likeness (QED) is 0.358. The second kappa shape index (κ2) is 10.4. The predicted octanol–water partition coefficient (Wildman–Crippen LogP) is 4.93. The van der Waals surface area contributed by atoms with Crippen LogP contribution in [0.4, 0.5) is 5.69 Å². The van der Waals surface area contributed by atoms with E-state index in [4.69, 9.17) is 10.8 Å². The van der Waals surface area contributed by atoms with Gasteiger partial charge in [-0.25, -0.2) is 4.79 Å². The highest BCUT2D eigenvalue weighted by Crippen LogP contribution is 2.30. The zero-order valence-corrected chi connectivity index (χ0v) is 21.7. The summed E-state index contributed by atoms with van der Waals surface area (Å²) < 4.78 is 4.66. The molecule has 2 aromatic carbocycles. The molecule has 0 aliphatic carbocycles. The minimum atomic E-state index is -0.358. The normalized spacial score (nSPS) is 12.2. The van der Waals surface area contributed by atoms with Crippen LogP contribution in [0.5, 0.6) is 0 Å². The molecule has 0 bridgehead atoms. The molecule has 2 aromatic heterocycles. The van der Waals surface area contributed by atoms with E-state index in [1.807, 2.05) is 61.0 Å². The zero-order valence-electron chi connectivity index (χ0n) is 21.7. The van der Waals surface area contributed by atoms with Crippen LogP contribution in [0.25, 0.3) is 27.9 Å². The zero-order chi connectivity index (χ0) is 26.0. The standard InChI is InChI=1S/C29H35N5O2/c1-19(2)14-15-23(21-10-7-6-8-11-21)18-34-26(22-12-9-13-24(30)16-22)25-27(31-34)33(17-20(3)4)29(36)32(5)28(25)35/h6-13,15-16,19-20H,14,17-18,30H2,1-5H3. The summed E-state index contributed by atoms with van der Waals surface area (Å²) in [5.41, 5.74) is 10.1. The molecule has 0 spiro atoms. The van der Waals surface area contributed by atoms with Crippen LogP contribution in [0.1, 0.15) is 39.7 Å². The summed E-state index contributed by atoms with van der Waals surface area (Å²) in [6, 6.07) is 17.7. The Balaban J connectivity index is 2.03. The first-order valence-corrected chi connectivity index (χ1v) is 12.5. The lowest BCUT2D eigenvalue weighted by atomic mass is 10.0. The first-order chi connectivity index (χ1) is 17.2. The highest BCUT2D eigenvalue weighted by molar-refractivity contribution is 5.91. The van der Waals surface area contributed by atoms with Gasteiger partial charge in [0.15, 0.2) is 5.65 Å². The number of nitrogens with zero attached hydrogens (tertiary/aromatic N) is 4. The summed E-state index contributed by atoms with van der Waals surface area (Å²) in [7, 11) is 1.53. The van der Waals surface area contributed by atoms with Gasteiger partial charge in [0.1, 0.15) is 5.39 Å². The number of aromatic nitrogens is 4.